The number of benzene rings is 11. The molecule has 11 aromatic carbocycles. The van der Waals surface area contributed by atoms with Gasteiger partial charge in [-0.3, -0.25) is 9.59 Å². The summed E-state index contributed by atoms with van der Waals surface area (Å²) in [5.41, 5.74) is 7.21. The summed E-state index contributed by atoms with van der Waals surface area (Å²) in [7, 11) is 0. The summed E-state index contributed by atoms with van der Waals surface area (Å²) in [6.07, 6.45) is 3.70. The predicted octanol–water partition coefficient (Wildman–Crippen LogP) is 26.7. The van der Waals surface area contributed by atoms with Crippen LogP contribution >= 0.6 is 0 Å². The van der Waals surface area contributed by atoms with Crippen LogP contribution in [-0.4, -0.2) is 31.7 Å². The zero-order chi connectivity index (χ0) is 75.7. The molecular weight excluding hydrogens is 1310 g/mol. The minimum Gasteiger partial charge on any atom is -0.506 e. The van der Waals surface area contributed by atoms with Gasteiger partial charge in [0.2, 0.25) is 0 Å². The highest BCUT2D eigenvalue weighted by Crippen LogP contribution is 2.62. The second kappa shape index (κ2) is 24.6. The summed E-state index contributed by atoms with van der Waals surface area (Å²) in [6.45, 7) is 45.4. The number of aromatic hydroxyl groups is 2. The maximum atomic E-state index is 16.3. The number of fused-ring (bicyclic) bond motifs is 8. The monoisotopic (exact) mass is 1410 g/mol. The second-order valence-electron chi connectivity index (χ2n) is 37.7. The van der Waals surface area contributed by atoms with Crippen molar-refractivity contribution in [2.24, 2.45) is 21.7 Å². The number of ether oxygens (including phenoxy) is 4. The molecule has 2 N–H and O–H groups in total. The van der Waals surface area contributed by atoms with Gasteiger partial charge < -0.3 is 29.2 Å². The van der Waals surface area contributed by atoms with E-state index in [0.717, 1.165) is 47.9 Å². The number of carbonyl (C=O) groups excluding carboxylic acids is 2. The molecule has 0 unspecified atom stereocenters. The Kier molecular flexibility index (Phi) is 16.6. The van der Waals surface area contributed by atoms with Gasteiger partial charge in [-0.05, 0) is 188 Å². The van der Waals surface area contributed by atoms with Gasteiger partial charge in [0.25, 0.3) is 0 Å². The SMILES string of the molecule is CC(C)(C)CC(C)(C)c1ccc(Oc2cc3c4c(cc(Oc5ccc(C(C)(C)CC(C)(C)C)cc5)c5c6c(Oc7ccc(C(C)(C)CC(C)(C)C)cc7)cc7c8c(cc(Oc9ccc(C(C)(C)CC(C)(C)C)cc9)c(c2c45)c86)-c2nc4ccccc4c(O)c2C7=O)-c2nc4ccccc4c(O)c2C3=O)cc1. The first-order chi connectivity index (χ1) is 49.6. The molecule has 0 saturated carbocycles. The largest absolute Gasteiger partial charge is 0.506 e. The third kappa shape index (κ3) is 12.7. The number of aromatic nitrogens is 2. The van der Waals surface area contributed by atoms with Crippen molar-refractivity contribution in [1.82, 2.24) is 9.97 Å². The molecule has 0 spiro atoms. The van der Waals surface area contributed by atoms with Crippen LogP contribution in [0.2, 0.25) is 0 Å². The van der Waals surface area contributed by atoms with Crippen LogP contribution in [0.1, 0.15) is 218 Å². The number of ketones is 2. The van der Waals surface area contributed by atoms with Crippen molar-refractivity contribution in [2.75, 3.05) is 0 Å². The van der Waals surface area contributed by atoms with Gasteiger partial charge >= 0.3 is 0 Å². The Balaban J connectivity index is 1.13. The van der Waals surface area contributed by atoms with Crippen molar-refractivity contribution < 1.29 is 38.7 Å². The van der Waals surface area contributed by atoms with Gasteiger partial charge in [-0.1, -0.05) is 211 Å². The lowest BCUT2D eigenvalue weighted by molar-refractivity contribution is 0.102. The average molecular weight is 1410 g/mol. The van der Waals surface area contributed by atoms with Gasteiger partial charge in [0.05, 0.1) is 33.5 Å². The second-order valence-corrected chi connectivity index (χ2v) is 37.7. The summed E-state index contributed by atoms with van der Waals surface area (Å²) >= 11 is 0. The molecule has 0 radical (unpaired) electrons. The molecule has 2 aliphatic rings. The first-order valence-corrected chi connectivity index (χ1v) is 37.5. The number of hydrogen-bond donors (Lipinski definition) is 2. The van der Waals surface area contributed by atoms with E-state index >= 15 is 9.59 Å². The number of rotatable bonds is 16. The van der Waals surface area contributed by atoms with Crippen LogP contribution in [0.25, 0.3) is 87.4 Å². The summed E-state index contributed by atoms with van der Waals surface area (Å²) < 4.78 is 30.4. The quantitative estimate of drug-likeness (QED) is 0.0710. The fourth-order valence-corrected chi connectivity index (χ4v) is 18.8. The van der Waals surface area contributed by atoms with Crippen LogP contribution in [0.15, 0.2) is 170 Å². The first-order valence-electron chi connectivity index (χ1n) is 37.5. The number of para-hydroxylation sites is 2. The standard InChI is InChI=1S/C96H98N2O8/c1-89(2,3)49-93(13,14)53-29-37-57(38-30-53)103-69-45-63-73-65(87(101)81-83(63)97-67-27-23-21-25-61(67)85(81)99)48-72(106-60-43-35-56(36-44-60)96(19,20)52-92(10,11)12)78-76-70(104-58-39-31-54(32-40-58)94(15,16)50-90(4,5)6)46-64-74-66(88(102)82-84(64)98-68-28-24-22-26-62(68)86(82)100)47-71(77(80(74)76)75(69)79(73)78)105-59-41-33-55(34-42-59)95(17,18)51-91(7,8)9/h21-48H,49-52H2,1-20H3,(H,97,99)(H,98,100). The van der Waals surface area contributed by atoms with Crippen LogP contribution < -0.4 is 18.9 Å². The topological polar surface area (TPSA) is 137 Å². The summed E-state index contributed by atoms with van der Waals surface area (Å²) in [5.74, 6) is 2.09. The molecule has 0 saturated heterocycles. The molecule has 0 amide bonds. The first kappa shape index (κ1) is 71.3. The van der Waals surface area contributed by atoms with Crippen molar-refractivity contribution in [3.05, 3.63) is 214 Å². The average Bonchev–Trinajstić information content (AvgIpc) is 0.667. The number of pyridine rings is 2. The van der Waals surface area contributed by atoms with E-state index in [2.05, 4.69) is 187 Å². The van der Waals surface area contributed by atoms with E-state index in [4.69, 9.17) is 28.9 Å². The Morgan fingerprint density at radius 1 is 0.292 bits per heavy atom. The van der Waals surface area contributed by atoms with Crippen LogP contribution in [-0.2, 0) is 21.7 Å². The van der Waals surface area contributed by atoms with Gasteiger partial charge in [0.15, 0.2) is 11.6 Å². The fraction of sp³-hybridized carbons (Fsp3) is 0.333. The molecule has 540 valence electrons. The Labute approximate surface area is 623 Å². The van der Waals surface area contributed by atoms with Crippen LogP contribution in [0, 0.1) is 21.7 Å². The molecule has 13 aromatic rings. The Morgan fingerprint density at radius 2 is 0.528 bits per heavy atom. The molecule has 2 aromatic heterocycles. The Bertz CT molecular complexity index is 5390. The van der Waals surface area contributed by atoms with E-state index < -0.39 is 11.6 Å². The molecule has 0 bridgehead atoms. The molecule has 106 heavy (non-hydrogen) atoms. The van der Waals surface area contributed by atoms with Gasteiger partial charge in [0, 0.05) is 76.1 Å². The van der Waals surface area contributed by atoms with E-state index in [0.29, 0.717) is 122 Å². The van der Waals surface area contributed by atoms with E-state index in [1.807, 2.05) is 109 Å². The highest BCUT2D eigenvalue weighted by molar-refractivity contribution is 6.45. The molecule has 0 aliphatic heterocycles. The Hall–Kier alpha value is -10.3. The molecular formula is C96H98N2O8. The summed E-state index contributed by atoms with van der Waals surface area (Å²) in [6, 6.07) is 55.3. The molecule has 2 heterocycles. The zero-order valence-corrected chi connectivity index (χ0v) is 65.2. The third-order valence-corrected chi connectivity index (χ3v) is 21.7. The summed E-state index contributed by atoms with van der Waals surface area (Å²) in [5, 5.41) is 30.6. The van der Waals surface area contributed by atoms with Crippen molar-refractivity contribution in [2.45, 2.75) is 186 Å². The number of hydrogen-bond acceptors (Lipinski definition) is 10. The van der Waals surface area contributed by atoms with Gasteiger partial charge in [-0.2, -0.15) is 0 Å². The lowest BCUT2D eigenvalue weighted by Crippen LogP contribution is -2.24. The molecule has 10 heteroatoms. The molecule has 10 nitrogen and oxygen atoms in total. The zero-order valence-electron chi connectivity index (χ0n) is 65.2. The smallest absolute Gasteiger partial charge is 0.199 e. The fourth-order valence-electron chi connectivity index (χ4n) is 18.8. The minimum atomic E-state index is -0.449. The third-order valence-electron chi connectivity index (χ3n) is 21.7. The van der Waals surface area contributed by atoms with Gasteiger partial charge in [-0.25, -0.2) is 9.97 Å². The normalized spacial score (nSPS) is 13.7. The molecule has 0 fully saturated rings. The number of carbonyl (C=O) groups is 2. The lowest BCUT2D eigenvalue weighted by Gasteiger charge is -2.33. The van der Waals surface area contributed by atoms with E-state index in [-0.39, 0.29) is 88.5 Å². The van der Waals surface area contributed by atoms with Crippen LogP contribution in [0.5, 0.6) is 57.5 Å². The van der Waals surface area contributed by atoms with Crippen molar-refractivity contribution in [3.8, 4) is 80.0 Å². The number of nitrogens with zero attached hydrogens (tertiary/aromatic N) is 2. The molecule has 2 aliphatic carbocycles. The van der Waals surface area contributed by atoms with Crippen molar-refractivity contribution in [1.29, 1.82) is 0 Å². The van der Waals surface area contributed by atoms with E-state index in [1.165, 1.54) is 0 Å². The summed E-state index contributed by atoms with van der Waals surface area (Å²) in [4.78, 5) is 43.4. The van der Waals surface area contributed by atoms with E-state index in [1.54, 1.807) is 12.1 Å². The van der Waals surface area contributed by atoms with E-state index in [9.17, 15) is 10.2 Å². The molecule has 15 rings (SSSR count). The van der Waals surface area contributed by atoms with Crippen LogP contribution in [0.4, 0.5) is 0 Å². The Morgan fingerprint density at radius 3 is 0.774 bits per heavy atom. The maximum Gasteiger partial charge on any atom is 0.199 e. The highest BCUT2D eigenvalue weighted by atomic mass is 16.5. The van der Waals surface area contributed by atoms with Gasteiger partial charge in [0.1, 0.15) is 57.5 Å². The maximum absolute atomic E-state index is 16.3. The minimum absolute atomic E-state index is 0.0402. The van der Waals surface area contributed by atoms with Crippen molar-refractivity contribution >= 4 is 76.5 Å². The lowest BCUT2D eigenvalue weighted by atomic mass is 9.72. The predicted molar refractivity (Wildman–Crippen MR) is 434 cm³/mol. The highest BCUT2D eigenvalue weighted by Gasteiger charge is 2.41. The van der Waals surface area contributed by atoms with Crippen LogP contribution in [0.3, 0.4) is 0 Å². The van der Waals surface area contributed by atoms with Crippen molar-refractivity contribution in [3.63, 3.8) is 0 Å². The van der Waals surface area contributed by atoms with Gasteiger partial charge in [-0.15, -0.1) is 0 Å². The molecule has 0 atom stereocenters.